The SMILES string of the molecule is CC(=O)Cn1cnc2sc3c(c2c1=O)C(C(=O)O)CCC3. The molecule has 2 heterocycles. The molecule has 7 heteroatoms. The highest BCUT2D eigenvalue weighted by Gasteiger charge is 2.31. The summed E-state index contributed by atoms with van der Waals surface area (Å²) in [7, 11) is 0. The van der Waals surface area contributed by atoms with Gasteiger partial charge in [0.2, 0.25) is 0 Å². The third-order valence-corrected chi connectivity index (χ3v) is 4.90. The second-order valence-electron chi connectivity index (χ2n) is 5.28. The number of rotatable bonds is 3. The van der Waals surface area contributed by atoms with Crippen molar-refractivity contribution in [1.82, 2.24) is 9.55 Å². The first kappa shape index (κ1) is 13.9. The van der Waals surface area contributed by atoms with Gasteiger partial charge in [-0.3, -0.25) is 19.0 Å². The van der Waals surface area contributed by atoms with Crippen LogP contribution in [0.5, 0.6) is 0 Å². The summed E-state index contributed by atoms with van der Waals surface area (Å²) in [6.07, 6.45) is 3.49. The number of aliphatic carboxylic acids is 1. The Morgan fingerprint density at radius 3 is 2.95 bits per heavy atom. The highest BCUT2D eigenvalue weighted by Crippen LogP contribution is 2.40. The van der Waals surface area contributed by atoms with Crippen molar-refractivity contribution in [1.29, 1.82) is 0 Å². The van der Waals surface area contributed by atoms with Crippen molar-refractivity contribution in [2.45, 2.75) is 38.6 Å². The van der Waals surface area contributed by atoms with Crippen molar-refractivity contribution >= 4 is 33.3 Å². The summed E-state index contributed by atoms with van der Waals surface area (Å²) >= 11 is 1.39. The van der Waals surface area contributed by atoms with Crippen LogP contribution in [0.4, 0.5) is 0 Å². The summed E-state index contributed by atoms with van der Waals surface area (Å²) in [6, 6.07) is 0. The highest BCUT2D eigenvalue weighted by atomic mass is 32.1. The van der Waals surface area contributed by atoms with E-state index in [1.807, 2.05) is 0 Å². The number of carboxylic acid groups (broad SMARTS) is 1. The predicted octanol–water partition coefficient (Wildman–Crippen LogP) is 1.55. The number of hydrogen-bond acceptors (Lipinski definition) is 5. The maximum Gasteiger partial charge on any atom is 0.311 e. The lowest BCUT2D eigenvalue weighted by Gasteiger charge is -2.18. The molecule has 0 radical (unpaired) electrons. The van der Waals surface area contributed by atoms with E-state index in [4.69, 9.17) is 0 Å². The molecule has 0 fully saturated rings. The molecule has 0 aromatic carbocycles. The first-order valence-electron chi connectivity index (χ1n) is 6.72. The number of aromatic nitrogens is 2. The van der Waals surface area contributed by atoms with Crippen LogP contribution < -0.4 is 5.56 Å². The van der Waals surface area contributed by atoms with E-state index in [0.717, 1.165) is 17.7 Å². The number of aryl methyl sites for hydroxylation is 1. The Labute approximate surface area is 124 Å². The molecule has 1 N–H and O–H groups in total. The summed E-state index contributed by atoms with van der Waals surface area (Å²) < 4.78 is 1.26. The lowest BCUT2D eigenvalue weighted by molar-refractivity contribution is -0.139. The lowest BCUT2D eigenvalue weighted by Crippen LogP contribution is -2.25. The molecule has 2 aromatic rings. The molecule has 0 amide bonds. The van der Waals surface area contributed by atoms with E-state index in [-0.39, 0.29) is 17.9 Å². The van der Waals surface area contributed by atoms with Crippen LogP contribution in [0, 0.1) is 0 Å². The average molecular weight is 306 g/mol. The molecule has 1 atom stereocenters. The molecule has 0 spiro atoms. The number of carboxylic acids is 1. The fraction of sp³-hybridized carbons (Fsp3) is 0.429. The van der Waals surface area contributed by atoms with Crippen LogP contribution in [-0.2, 0) is 22.6 Å². The van der Waals surface area contributed by atoms with Gasteiger partial charge in [0.25, 0.3) is 5.56 Å². The van der Waals surface area contributed by atoms with Crippen LogP contribution in [0.15, 0.2) is 11.1 Å². The number of nitrogens with zero attached hydrogens (tertiary/aromatic N) is 2. The summed E-state index contributed by atoms with van der Waals surface area (Å²) in [6.45, 7) is 1.36. The maximum absolute atomic E-state index is 12.5. The summed E-state index contributed by atoms with van der Waals surface area (Å²) in [5.41, 5.74) is 0.296. The normalized spacial score (nSPS) is 17.7. The number of ketones is 1. The van der Waals surface area contributed by atoms with Crippen LogP contribution in [0.1, 0.15) is 36.1 Å². The molecule has 6 nitrogen and oxygen atoms in total. The number of thiophene rings is 1. The van der Waals surface area contributed by atoms with Crippen LogP contribution >= 0.6 is 11.3 Å². The van der Waals surface area contributed by atoms with Gasteiger partial charge in [-0.1, -0.05) is 0 Å². The Balaban J connectivity index is 2.28. The van der Waals surface area contributed by atoms with Gasteiger partial charge in [-0.15, -0.1) is 11.3 Å². The van der Waals surface area contributed by atoms with E-state index in [0.29, 0.717) is 22.2 Å². The minimum absolute atomic E-state index is 0.0376. The predicted molar refractivity (Wildman–Crippen MR) is 77.9 cm³/mol. The highest BCUT2D eigenvalue weighted by molar-refractivity contribution is 7.18. The monoisotopic (exact) mass is 306 g/mol. The number of hydrogen-bond donors (Lipinski definition) is 1. The van der Waals surface area contributed by atoms with Crippen molar-refractivity contribution < 1.29 is 14.7 Å². The fourth-order valence-corrected chi connectivity index (χ4v) is 4.09. The van der Waals surface area contributed by atoms with Gasteiger partial charge in [-0.25, -0.2) is 4.98 Å². The molecule has 3 rings (SSSR count). The third-order valence-electron chi connectivity index (χ3n) is 3.73. The Morgan fingerprint density at radius 1 is 1.52 bits per heavy atom. The van der Waals surface area contributed by atoms with Crippen LogP contribution in [-0.4, -0.2) is 26.4 Å². The Morgan fingerprint density at radius 2 is 2.29 bits per heavy atom. The number of carbonyl (C=O) groups is 2. The Bertz CT molecular complexity index is 805. The Hall–Kier alpha value is -2.02. The second-order valence-corrected chi connectivity index (χ2v) is 6.37. The third kappa shape index (κ3) is 2.27. The van der Waals surface area contributed by atoms with Crippen LogP contribution in [0.25, 0.3) is 10.2 Å². The summed E-state index contributed by atoms with van der Waals surface area (Å²) in [5.74, 6) is -1.70. The van der Waals surface area contributed by atoms with Gasteiger partial charge in [-0.2, -0.15) is 0 Å². The molecular formula is C14H14N2O4S. The van der Waals surface area contributed by atoms with Crippen LogP contribution in [0.2, 0.25) is 0 Å². The summed E-state index contributed by atoms with van der Waals surface area (Å²) in [5, 5.41) is 9.77. The molecule has 0 saturated heterocycles. The van der Waals surface area contributed by atoms with E-state index in [2.05, 4.69) is 4.98 Å². The number of carbonyl (C=O) groups excluding carboxylic acids is 1. The zero-order valence-electron chi connectivity index (χ0n) is 11.5. The smallest absolute Gasteiger partial charge is 0.311 e. The van der Waals surface area contributed by atoms with Gasteiger partial charge < -0.3 is 5.11 Å². The van der Waals surface area contributed by atoms with Crippen molar-refractivity contribution in [2.24, 2.45) is 0 Å². The van der Waals surface area contributed by atoms with Gasteiger partial charge in [-0.05, 0) is 31.7 Å². The first-order valence-corrected chi connectivity index (χ1v) is 7.53. The fourth-order valence-electron chi connectivity index (χ4n) is 2.86. The molecule has 0 aliphatic heterocycles. The van der Waals surface area contributed by atoms with Gasteiger partial charge >= 0.3 is 5.97 Å². The summed E-state index contributed by atoms with van der Waals surface area (Å²) in [4.78, 5) is 41.0. The number of Topliss-reactive ketones (excluding diaryl/α,β-unsaturated/α-hetero) is 1. The van der Waals surface area contributed by atoms with E-state index in [9.17, 15) is 19.5 Å². The molecule has 2 aromatic heterocycles. The standard InChI is InChI=1S/C14H14N2O4S/c1-7(17)5-16-6-15-12-11(13(16)18)10-8(14(19)20)3-2-4-9(10)21-12/h6,8H,2-5H2,1H3,(H,19,20). The quantitative estimate of drug-likeness (QED) is 0.929. The second kappa shape index (κ2) is 5.07. The lowest BCUT2D eigenvalue weighted by atomic mass is 9.86. The van der Waals surface area contributed by atoms with Crippen molar-refractivity contribution in [2.75, 3.05) is 0 Å². The van der Waals surface area contributed by atoms with E-state index in [1.165, 1.54) is 29.2 Å². The van der Waals surface area contributed by atoms with Gasteiger partial charge in [0.15, 0.2) is 0 Å². The van der Waals surface area contributed by atoms with Gasteiger partial charge in [0.1, 0.15) is 10.6 Å². The van der Waals surface area contributed by atoms with Gasteiger partial charge in [0, 0.05) is 4.88 Å². The molecule has 0 bridgehead atoms. The van der Waals surface area contributed by atoms with Crippen molar-refractivity contribution in [3.63, 3.8) is 0 Å². The van der Waals surface area contributed by atoms with E-state index >= 15 is 0 Å². The van der Waals surface area contributed by atoms with Gasteiger partial charge in [0.05, 0.1) is 24.2 Å². The zero-order valence-corrected chi connectivity index (χ0v) is 12.3. The molecule has 1 unspecified atom stereocenters. The average Bonchev–Trinajstić information content (AvgIpc) is 2.80. The number of fused-ring (bicyclic) bond motifs is 3. The zero-order chi connectivity index (χ0) is 15.1. The first-order chi connectivity index (χ1) is 9.99. The minimum atomic E-state index is -0.906. The molecule has 0 saturated carbocycles. The molecule has 1 aliphatic rings. The largest absolute Gasteiger partial charge is 0.481 e. The topological polar surface area (TPSA) is 89.3 Å². The molecular weight excluding hydrogens is 292 g/mol. The molecule has 110 valence electrons. The van der Waals surface area contributed by atoms with Crippen molar-refractivity contribution in [3.8, 4) is 0 Å². The Kier molecular flexibility index (Phi) is 3.36. The van der Waals surface area contributed by atoms with E-state index in [1.54, 1.807) is 0 Å². The van der Waals surface area contributed by atoms with E-state index < -0.39 is 11.9 Å². The molecule has 21 heavy (non-hydrogen) atoms. The maximum atomic E-state index is 12.5. The minimum Gasteiger partial charge on any atom is -0.481 e. The van der Waals surface area contributed by atoms with Crippen LogP contribution in [0.3, 0.4) is 0 Å². The van der Waals surface area contributed by atoms with Crippen molar-refractivity contribution in [3.05, 3.63) is 27.1 Å². The molecule has 1 aliphatic carbocycles.